The molecule has 0 aliphatic heterocycles. The van der Waals surface area contributed by atoms with Gasteiger partial charge in [-0.2, -0.15) is 0 Å². The van der Waals surface area contributed by atoms with Gasteiger partial charge < -0.3 is 15.0 Å². The average molecular weight is 323 g/mol. The molecule has 0 spiro atoms. The first-order valence-electron chi connectivity index (χ1n) is 6.37. The van der Waals surface area contributed by atoms with E-state index < -0.39 is 0 Å². The van der Waals surface area contributed by atoms with E-state index >= 15 is 0 Å². The molecule has 1 aliphatic carbocycles. The van der Waals surface area contributed by atoms with E-state index in [1.807, 2.05) is 18.2 Å². The highest BCUT2D eigenvalue weighted by molar-refractivity contribution is 9.10. The van der Waals surface area contributed by atoms with Crippen LogP contribution in [0, 0.1) is 5.92 Å². The fourth-order valence-corrected chi connectivity index (χ4v) is 2.61. The largest absolute Gasteiger partial charge is 0.492 e. The first kappa shape index (κ1) is 12.5. The van der Waals surface area contributed by atoms with Gasteiger partial charge in [-0.15, -0.1) is 0 Å². The maximum Gasteiger partial charge on any atom is 0.229 e. The monoisotopic (exact) mass is 322 g/mol. The van der Waals surface area contributed by atoms with E-state index in [1.165, 1.54) is 19.3 Å². The molecule has 3 rings (SSSR count). The van der Waals surface area contributed by atoms with Crippen molar-refractivity contribution in [2.75, 3.05) is 12.3 Å². The Labute approximate surface area is 120 Å². The van der Waals surface area contributed by atoms with E-state index in [-0.39, 0.29) is 0 Å². The van der Waals surface area contributed by atoms with E-state index in [1.54, 1.807) is 6.20 Å². The predicted molar refractivity (Wildman–Crippen MR) is 76.9 cm³/mol. The van der Waals surface area contributed by atoms with Crippen LogP contribution in [0.25, 0.3) is 11.1 Å². The van der Waals surface area contributed by atoms with Crippen LogP contribution in [0.15, 0.2) is 33.4 Å². The third-order valence-corrected chi connectivity index (χ3v) is 4.16. The lowest BCUT2D eigenvalue weighted by molar-refractivity contribution is 0.180. The number of halogens is 1. The number of nitrogens with zero attached hydrogens (tertiary/aromatic N) is 1. The summed E-state index contributed by atoms with van der Waals surface area (Å²) in [6.07, 6.45) is 5.52. The fraction of sp³-hybridized carbons (Fsp3) is 0.357. The molecule has 0 bridgehead atoms. The Morgan fingerprint density at radius 1 is 1.42 bits per heavy atom. The number of anilines is 1. The van der Waals surface area contributed by atoms with Crippen LogP contribution in [-0.4, -0.2) is 11.8 Å². The van der Waals surface area contributed by atoms with Gasteiger partial charge in [0.05, 0.1) is 22.8 Å². The minimum absolute atomic E-state index is 0.329. The SMILES string of the molecule is Nc1oncc1-c1ccc(OCC2CCC2)c(Br)c1. The second kappa shape index (κ2) is 5.25. The van der Waals surface area contributed by atoms with Gasteiger partial charge in [-0.3, -0.25) is 0 Å². The zero-order chi connectivity index (χ0) is 13.2. The van der Waals surface area contributed by atoms with Crippen LogP contribution in [0.2, 0.25) is 0 Å². The van der Waals surface area contributed by atoms with Crippen molar-refractivity contribution in [2.24, 2.45) is 5.92 Å². The standard InChI is InChI=1S/C14H15BrN2O2/c15-12-6-10(11-7-17-19-14(11)16)4-5-13(12)18-8-9-2-1-3-9/h4-7,9H,1-3,8,16H2. The van der Waals surface area contributed by atoms with Crippen molar-refractivity contribution in [2.45, 2.75) is 19.3 Å². The van der Waals surface area contributed by atoms with Gasteiger partial charge >= 0.3 is 0 Å². The smallest absolute Gasteiger partial charge is 0.229 e. The van der Waals surface area contributed by atoms with E-state index in [4.69, 9.17) is 15.0 Å². The predicted octanol–water partition coefficient (Wildman–Crippen LogP) is 3.87. The number of hydrogen-bond acceptors (Lipinski definition) is 4. The van der Waals surface area contributed by atoms with E-state index in [0.29, 0.717) is 5.88 Å². The Morgan fingerprint density at radius 3 is 2.84 bits per heavy atom. The minimum Gasteiger partial charge on any atom is -0.492 e. The molecular formula is C14H15BrN2O2. The molecule has 0 atom stereocenters. The molecule has 1 heterocycles. The Hall–Kier alpha value is -1.49. The molecule has 0 saturated heterocycles. The molecule has 5 heteroatoms. The highest BCUT2D eigenvalue weighted by Gasteiger charge is 2.18. The van der Waals surface area contributed by atoms with Gasteiger partial charge in [-0.05, 0) is 52.4 Å². The van der Waals surface area contributed by atoms with Gasteiger partial charge in [-0.1, -0.05) is 17.6 Å². The lowest BCUT2D eigenvalue weighted by Gasteiger charge is -2.25. The lowest BCUT2D eigenvalue weighted by atomic mass is 9.86. The second-order valence-electron chi connectivity index (χ2n) is 4.86. The van der Waals surface area contributed by atoms with Gasteiger partial charge in [0, 0.05) is 0 Å². The van der Waals surface area contributed by atoms with Crippen LogP contribution in [-0.2, 0) is 0 Å². The van der Waals surface area contributed by atoms with Crippen molar-refractivity contribution >= 4 is 21.8 Å². The summed E-state index contributed by atoms with van der Waals surface area (Å²) in [5, 5.41) is 3.68. The molecule has 1 saturated carbocycles. The molecule has 0 unspecified atom stereocenters. The summed E-state index contributed by atoms with van der Waals surface area (Å²) >= 11 is 3.53. The Balaban J connectivity index is 1.75. The lowest BCUT2D eigenvalue weighted by Crippen LogP contribution is -2.19. The van der Waals surface area contributed by atoms with Gasteiger partial charge in [-0.25, -0.2) is 0 Å². The van der Waals surface area contributed by atoms with Crippen molar-refractivity contribution < 1.29 is 9.26 Å². The van der Waals surface area contributed by atoms with Crippen molar-refractivity contribution in [1.29, 1.82) is 0 Å². The summed E-state index contributed by atoms with van der Waals surface area (Å²) in [7, 11) is 0. The first-order valence-corrected chi connectivity index (χ1v) is 7.16. The Kier molecular flexibility index (Phi) is 3.46. The quantitative estimate of drug-likeness (QED) is 0.928. The molecule has 1 aromatic heterocycles. The summed E-state index contributed by atoms with van der Waals surface area (Å²) in [5.74, 6) is 1.92. The minimum atomic E-state index is 0.329. The van der Waals surface area contributed by atoms with Gasteiger partial charge in [0.2, 0.25) is 5.88 Å². The maximum atomic E-state index is 5.83. The summed E-state index contributed by atoms with van der Waals surface area (Å²) < 4.78 is 11.6. The zero-order valence-electron chi connectivity index (χ0n) is 10.4. The molecular weight excluding hydrogens is 308 g/mol. The zero-order valence-corrected chi connectivity index (χ0v) is 12.0. The third kappa shape index (κ3) is 2.61. The van der Waals surface area contributed by atoms with Crippen molar-refractivity contribution in [3.8, 4) is 16.9 Å². The molecule has 2 N–H and O–H groups in total. The number of rotatable bonds is 4. The highest BCUT2D eigenvalue weighted by Crippen LogP contribution is 2.34. The molecule has 4 nitrogen and oxygen atoms in total. The molecule has 2 aromatic rings. The maximum absolute atomic E-state index is 5.83. The summed E-state index contributed by atoms with van der Waals surface area (Å²) in [6, 6.07) is 5.88. The van der Waals surface area contributed by atoms with Crippen LogP contribution < -0.4 is 10.5 Å². The summed E-state index contributed by atoms with van der Waals surface area (Å²) in [4.78, 5) is 0. The number of ether oxygens (including phenoxy) is 1. The summed E-state index contributed by atoms with van der Waals surface area (Å²) in [5.41, 5.74) is 7.47. The Morgan fingerprint density at radius 2 is 2.26 bits per heavy atom. The molecule has 1 aromatic carbocycles. The van der Waals surface area contributed by atoms with Crippen molar-refractivity contribution in [3.63, 3.8) is 0 Å². The van der Waals surface area contributed by atoms with Crippen LogP contribution in [0.3, 0.4) is 0 Å². The molecule has 100 valence electrons. The molecule has 1 aliphatic rings. The third-order valence-electron chi connectivity index (χ3n) is 3.54. The van der Waals surface area contributed by atoms with Crippen LogP contribution in [0.4, 0.5) is 5.88 Å². The van der Waals surface area contributed by atoms with Gasteiger partial charge in [0.25, 0.3) is 0 Å². The number of hydrogen-bond donors (Lipinski definition) is 1. The van der Waals surface area contributed by atoms with Crippen LogP contribution >= 0.6 is 15.9 Å². The fourth-order valence-electron chi connectivity index (χ4n) is 2.12. The van der Waals surface area contributed by atoms with Crippen LogP contribution in [0.1, 0.15) is 19.3 Å². The van der Waals surface area contributed by atoms with Gasteiger partial charge in [0.15, 0.2) is 0 Å². The number of benzene rings is 1. The molecule has 0 radical (unpaired) electrons. The van der Waals surface area contributed by atoms with E-state index in [2.05, 4.69) is 21.1 Å². The van der Waals surface area contributed by atoms with Crippen molar-refractivity contribution in [1.82, 2.24) is 5.16 Å². The Bertz CT molecular complexity index is 579. The number of nitrogens with two attached hydrogens (primary N) is 1. The number of nitrogen functional groups attached to an aromatic ring is 1. The first-order chi connectivity index (χ1) is 9.24. The average Bonchev–Trinajstić information content (AvgIpc) is 2.75. The second-order valence-corrected chi connectivity index (χ2v) is 5.71. The van der Waals surface area contributed by atoms with E-state index in [0.717, 1.165) is 33.9 Å². The van der Waals surface area contributed by atoms with Crippen molar-refractivity contribution in [3.05, 3.63) is 28.9 Å². The summed E-state index contributed by atoms with van der Waals surface area (Å²) in [6.45, 7) is 0.799. The number of aromatic nitrogens is 1. The van der Waals surface area contributed by atoms with Gasteiger partial charge in [0.1, 0.15) is 5.75 Å². The van der Waals surface area contributed by atoms with Crippen LogP contribution in [0.5, 0.6) is 5.75 Å². The topological polar surface area (TPSA) is 61.3 Å². The highest BCUT2D eigenvalue weighted by atomic mass is 79.9. The molecule has 1 fully saturated rings. The normalized spacial score (nSPS) is 15.2. The molecule has 19 heavy (non-hydrogen) atoms. The molecule has 0 amide bonds. The van der Waals surface area contributed by atoms with E-state index in [9.17, 15) is 0 Å².